The van der Waals surface area contributed by atoms with Gasteiger partial charge in [0.15, 0.2) is 0 Å². The zero-order valence-electron chi connectivity index (χ0n) is 19.0. The summed E-state index contributed by atoms with van der Waals surface area (Å²) in [6.07, 6.45) is 4.39. The molecule has 1 aliphatic heterocycles. The molecule has 1 aliphatic carbocycles. The lowest BCUT2D eigenvalue weighted by molar-refractivity contribution is -0.143. The molecule has 4 rings (SSSR count). The molecule has 0 aromatic heterocycles. The van der Waals surface area contributed by atoms with Gasteiger partial charge in [0.1, 0.15) is 17.6 Å². The average molecular weight is 467 g/mol. The van der Waals surface area contributed by atoms with Crippen molar-refractivity contribution in [2.24, 2.45) is 5.92 Å². The Labute approximate surface area is 197 Å². The first-order chi connectivity index (χ1) is 16.3. The van der Waals surface area contributed by atoms with Gasteiger partial charge < -0.3 is 9.64 Å². The van der Waals surface area contributed by atoms with Crippen molar-refractivity contribution >= 4 is 29.4 Å². The fourth-order valence-electron chi connectivity index (χ4n) is 4.67. The summed E-state index contributed by atoms with van der Waals surface area (Å²) < 4.78 is 18.4. The molecule has 1 saturated carbocycles. The minimum absolute atomic E-state index is 0.121. The molecule has 1 saturated heterocycles. The number of hydrogen-bond donors (Lipinski definition) is 0. The Bertz CT molecular complexity index is 1080. The Morgan fingerprint density at radius 2 is 1.65 bits per heavy atom. The molecule has 3 amide bonds. The van der Waals surface area contributed by atoms with Crippen LogP contribution < -0.4 is 9.64 Å². The third-order valence-corrected chi connectivity index (χ3v) is 6.36. The third-order valence-electron chi connectivity index (χ3n) is 6.36. The van der Waals surface area contributed by atoms with Crippen molar-refractivity contribution in [1.29, 1.82) is 0 Å². The van der Waals surface area contributed by atoms with Gasteiger partial charge in [-0.2, -0.15) is 0 Å². The van der Waals surface area contributed by atoms with E-state index in [4.69, 9.17) is 4.74 Å². The van der Waals surface area contributed by atoms with Crippen LogP contribution in [-0.2, 0) is 25.7 Å². The summed E-state index contributed by atoms with van der Waals surface area (Å²) in [5.74, 6) is -1.76. The van der Waals surface area contributed by atoms with E-state index in [9.17, 15) is 23.6 Å². The van der Waals surface area contributed by atoms with E-state index in [1.807, 2.05) is 0 Å². The minimum atomic E-state index is -0.930. The van der Waals surface area contributed by atoms with Gasteiger partial charge >= 0.3 is 5.97 Å². The second kappa shape index (κ2) is 10.2. The van der Waals surface area contributed by atoms with Gasteiger partial charge in [0.25, 0.3) is 5.91 Å². The Morgan fingerprint density at radius 3 is 2.26 bits per heavy atom. The molecule has 178 valence electrons. The highest BCUT2D eigenvalue weighted by atomic mass is 19.1. The number of carbonyl (C=O) groups excluding carboxylic acids is 4. The number of esters is 1. The summed E-state index contributed by atoms with van der Waals surface area (Å²) in [7, 11) is 0. The van der Waals surface area contributed by atoms with Crippen LogP contribution in [0.3, 0.4) is 0 Å². The number of amides is 3. The first-order valence-corrected chi connectivity index (χ1v) is 11.5. The van der Waals surface area contributed by atoms with E-state index < -0.39 is 23.8 Å². The molecule has 7 nitrogen and oxygen atoms in total. The van der Waals surface area contributed by atoms with Gasteiger partial charge in [0, 0.05) is 19.4 Å². The molecule has 34 heavy (non-hydrogen) atoms. The first kappa shape index (κ1) is 23.6. The molecule has 0 N–H and O–H groups in total. The normalized spacial score (nSPS) is 18.8. The van der Waals surface area contributed by atoms with E-state index in [2.05, 4.69) is 0 Å². The smallest absolute Gasteiger partial charge is 0.308 e. The summed E-state index contributed by atoms with van der Waals surface area (Å²) in [6.45, 7) is 1.41. The number of anilines is 1. The molecular weight excluding hydrogens is 439 g/mol. The Balaban J connectivity index is 1.59. The number of nitrogens with zero attached hydrogens (tertiary/aromatic N) is 2. The van der Waals surface area contributed by atoms with Crippen molar-refractivity contribution in [3.05, 3.63) is 59.9 Å². The third kappa shape index (κ3) is 5.16. The lowest BCUT2D eigenvalue weighted by atomic mass is 9.87. The topological polar surface area (TPSA) is 84.0 Å². The second-order valence-electron chi connectivity index (χ2n) is 8.80. The van der Waals surface area contributed by atoms with Crippen LogP contribution in [0.1, 0.15) is 51.0 Å². The lowest BCUT2D eigenvalue weighted by Gasteiger charge is -2.32. The zero-order chi connectivity index (χ0) is 24.2. The van der Waals surface area contributed by atoms with Crippen molar-refractivity contribution in [1.82, 2.24) is 4.90 Å². The fraction of sp³-hybridized carbons (Fsp3) is 0.385. The lowest BCUT2D eigenvalue weighted by Crippen LogP contribution is -2.47. The van der Waals surface area contributed by atoms with Crippen molar-refractivity contribution in [2.75, 3.05) is 4.90 Å². The van der Waals surface area contributed by atoms with Crippen LogP contribution in [0.15, 0.2) is 48.5 Å². The van der Waals surface area contributed by atoms with E-state index in [1.54, 1.807) is 12.1 Å². The van der Waals surface area contributed by atoms with Gasteiger partial charge in [-0.3, -0.25) is 19.2 Å². The molecule has 0 bridgehead atoms. The summed E-state index contributed by atoms with van der Waals surface area (Å²) in [4.78, 5) is 53.5. The van der Waals surface area contributed by atoms with E-state index >= 15 is 0 Å². The average Bonchev–Trinajstić information content (AvgIpc) is 3.12. The molecule has 2 fully saturated rings. The predicted octanol–water partition coefficient (Wildman–Crippen LogP) is 3.99. The highest BCUT2D eigenvalue weighted by Gasteiger charge is 2.45. The van der Waals surface area contributed by atoms with Crippen LogP contribution in [0.25, 0.3) is 0 Å². The highest BCUT2D eigenvalue weighted by Crippen LogP contribution is 2.32. The van der Waals surface area contributed by atoms with Crippen LogP contribution in [0.2, 0.25) is 0 Å². The number of ether oxygens (including phenoxy) is 1. The molecule has 2 aliphatic rings. The number of halogens is 1. The number of hydrogen-bond acceptors (Lipinski definition) is 5. The van der Waals surface area contributed by atoms with Crippen molar-refractivity contribution < 1.29 is 28.3 Å². The van der Waals surface area contributed by atoms with Crippen molar-refractivity contribution in [2.45, 2.75) is 58.0 Å². The highest BCUT2D eigenvalue weighted by molar-refractivity contribution is 6.23. The van der Waals surface area contributed by atoms with Gasteiger partial charge in [0.05, 0.1) is 12.1 Å². The molecule has 0 radical (unpaired) electrons. The molecular formula is C26H27FN2O5. The van der Waals surface area contributed by atoms with Crippen LogP contribution in [0, 0.1) is 11.7 Å². The summed E-state index contributed by atoms with van der Waals surface area (Å²) in [6, 6.07) is 11.0. The molecule has 1 unspecified atom stereocenters. The Hall–Kier alpha value is -3.55. The van der Waals surface area contributed by atoms with E-state index in [0.29, 0.717) is 17.0 Å². The molecule has 8 heteroatoms. The van der Waals surface area contributed by atoms with Crippen LogP contribution in [0.4, 0.5) is 10.1 Å². The van der Waals surface area contributed by atoms with Crippen molar-refractivity contribution in [3.8, 4) is 5.75 Å². The fourth-order valence-corrected chi connectivity index (χ4v) is 4.67. The Kier molecular flexibility index (Phi) is 7.05. The number of carbonyl (C=O) groups is 4. The van der Waals surface area contributed by atoms with E-state index in [-0.39, 0.29) is 30.6 Å². The number of rotatable bonds is 6. The SMILES string of the molecule is CC(=O)Oc1ccc(N2C(=O)CC(N(Cc3ccc(F)cc3)C(=O)C3CCCCC3)C2=O)cc1. The maximum Gasteiger partial charge on any atom is 0.308 e. The summed E-state index contributed by atoms with van der Waals surface area (Å²) >= 11 is 0. The first-order valence-electron chi connectivity index (χ1n) is 11.5. The predicted molar refractivity (Wildman–Crippen MR) is 122 cm³/mol. The second-order valence-corrected chi connectivity index (χ2v) is 8.80. The van der Waals surface area contributed by atoms with Gasteiger partial charge in [-0.05, 0) is 54.8 Å². The molecule has 1 atom stereocenters. The largest absolute Gasteiger partial charge is 0.427 e. The monoisotopic (exact) mass is 466 g/mol. The Morgan fingerprint density at radius 1 is 1.00 bits per heavy atom. The van der Waals surface area contributed by atoms with Gasteiger partial charge in [0.2, 0.25) is 11.8 Å². The molecule has 1 heterocycles. The van der Waals surface area contributed by atoms with Gasteiger partial charge in [-0.1, -0.05) is 31.4 Å². The molecule has 0 spiro atoms. The maximum atomic E-state index is 13.5. The van der Waals surface area contributed by atoms with E-state index in [1.165, 1.54) is 48.2 Å². The number of imide groups is 1. The van der Waals surface area contributed by atoms with E-state index in [0.717, 1.165) is 37.0 Å². The summed E-state index contributed by atoms with van der Waals surface area (Å²) in [5.41, 5.74) is 1.04. The quantitative estimate of drug-likeness (QED) is 0.365. The zero-order valence-corrected chi connectivity index (χ0v) is 19.0. The molecule has 2 aromatic carbocycles. The van der Waals surface area contributed by atoms with Crippen LogP contribution >= 0.6 is 0 Å². The number of benzene rings is 2. The minimum Gasteiger partial charge on any atom is -0.427 e. The summed E-state index contributed by atoms with van der Waals surface area (Å²) in [5, 5.41) is 0. The standard InChI is InChI=1S/C26H27FN2O5/c1-17(30)34-22-13-11-21(12-14-22)29-24(31)15-23(26(29)33)28(16-18-7-9-20(27)10-8-18)25(32)19-5-3-2-4-6-19/h7-14,19,23H,2-6,15-16H2,1H3. The van der Waals surface area contributed by atoms with Crippen molar-refractivity contribution in [3.63, 3.8) is 0 Å². The molecule has 2 aromatic rings. The van der Waals surface area contributed by atoms with Gasteiger partial charge in [-0.25, -0.2) is 9.29 Å². The maximum absolute atomic E-state index is 13.5. The van der Waals surface area contributed by atoms with Crippen LogP contribution in [-0.4, -0.2) is 34.6 Å². The van der Waals surface area contributed by atoms with Gasteiger partial charge in [-0.15, -0.1) is 0 Å². The van der Waals surface area contributed by atoms with Crippen LogP contribution in [0.5, 0.6) is 5.75 Å².